The number of hydrogen-bond acceptors (Lipinski definition) is 5. The van der Waals surface area contributed by atoms with Gasteiger partial charge in [0.25, 0.3) is 11.6 Å². The molecule has 0 bridgehead atoms. The normalized spacial score (nSPS) is 11.4. The van der Waals surface area contributed by atoms with Gasteiger partial charge in [-0.3, -0.25) is 19.7 Å². The molecule has 0 aliphatic rings. The SMILES string of the molecule is COc1ccc(C)cc1[C@@H](C)NC(=O)CNC(=O)c1cccc([N+](=O)[O-])c1. The van der Waals surface area contributed by atoms with Crippen molar-refractivity contribution in [2.24, 2.45) is 0 Å². The highest BCUT2D eigenvalue weighted by molar-refractivity contribution is 5.97. The summed E-state index contributed by atoms with van der Waals surface area (Å²) in [5.41, 5.74) is 1.79. The van der Waals surface area contributed by atoms with Gasteiger partial charge in [0.05, 0.1) is 24.6 Å². The number of nitro groups is 1. The summed E-state index contributed by atoms with van der Waals surface area (Å²) in [4.78, 5) is 34.4. The second-order valence-corrected chi connectivity index (χ2v) is 6.02. The van der Waals surface area contributed by atoms with Crippen LogP contribution in [0.15, 0.2) is 42.5 Å². The molecule has 0 radical (unpaired) electrons. The van der Waals surface area contributed by atoms with E-state index in [-0.39, 0.29) is 29.7 Å². The molecule has 0 unspecified atom stereocenters. The first-order valence-corrected chi connectivity index (χ1v) is 8.28. The summed E-state index contributed by atoms with van der Waals surface area (Å²) in [5, 5.41) is 16.0. The van der Waals surface area contributed by atoms with E-state index in [9.17, 15) is 19.7 Å². The van der Waals surface area contributed by atoms with Crippen molar-refractivity contribution < 1.29 is 19.2 Å². The van der Waals surface area contributed by atoms with E-state index in [2.05, 4.69) is 10.6 Å². The minimum atomic E-state index is -0.583. The zero-order chi connectivity index (χ0) is 20.0. The van der Waals surface area contributed by atoms with E-state index in [4.69, 9.17) is 4.74 Å². The molecule has 0 saturated carbocycles. The maximum absolute atomic E-state index is 12.1. The molecule has 0 saturated heterocycles. The standard InChI is InChI=1S/C19H21N3O5/c1-12-7-8-17(27-3)16(9-12)13(2)21-18(23)11-20-19(24)14-5-4-6-15(10-14)22(25)26/h4-10,13H,11H2,1-3H3,(H,20,24)(H,21,23)/t13-/m1/s1. The first-order chi connectivity index (χ1) is 12.8. The number of non-ortho nitro benzene ring substituents is 1. The monoisotopic (exact) mass is 371 g/mol. The van der Waals surface area contributed by atoms with Crippen LogP contribution in [0.3, 0.4) is 0 Å². The fourth-order valence-electron chi connectivity index (χ4n) is 2.59. The van der Waals surface area contributed by atoms with Crippen molar-refractivity contribution in [3.05, 3.63) is 69.3 Å². The number of benzene rings is 2. The smallest absolute Gasteiger partial charge is 0.270 e. The molecule has 2 N–H and O–H groups in total. The first kappa shape index (κ1) is 19.9. The van der Waals surface area contributed by atoms with Crippen LogP contribution >= 0.6 is 0 Å². The second-order valence-electron chi connectivity index (χ2n) is 6.02. The number of hydrogen-bond donors (Lipinski definition) is 2. The van der Waals surface area contributed by atoms with Crippen LogP contribution in [-0.2, 0) is 4.79 Å². The number of nitrogens with zero attached hydrogens (tertiary/aromatic N) is 1. The van der Waals surface area contributed by atoms with Crippen LogP contribution < -0.4 is 15.4 Å². The topological polar surface area (TPSA) is 111 Å². The average Bonchev–Trinajstić information content (AvgIpc) is 2.66. The zero-order valence-electron chi connectivity index (χ0n) is 15.3. The summed E-state index contributed by atoms with van der Waals surface area (Å²) in [6.07, 6.45) is 0. The molecule has 0 spiro atoms. The maximum atomic E-state index is 12.1. The molecule has 8 heteroatoms. The van der Waals surface area contributed by atoms with Gasteiger partial charge in [0, 0.05) is 23.3 Å². The zero-order valence-corrected chi connectivity index (χ0v) is 15.3. The molecule has 8 nitrogen and oxygen atoms in total. The fraction of sp³-hybridized carbons (Fsp3) is 0.263. The van der Waals surface area contributed by atoms with Crippen LogP contribution in [0.4, 0.5) is 5.69 Å². The highest BCUT2D eigenvalue weighted by Gasteiger charge is 2.16. The second kappa shape index (κ2) is 8.79. The van der Waals surface area contributed by atoms with Crippen molar-refractivity contribution in [2.75, 3.05) is 13.7 Å². The van der Waals surface area contributed by atoms with Gasteiger partial charge in [-0.15, -0.1) is 0 Å². The van der Waals surface area contributed by atoms with Gasteiger partial charge < -0.3 is 15.4 Å². The Morgan fingerprint density at radius 2 is 1.96 bits per heavy atom. The van der Waals surface area contributed by atoms with E-state index in [1.54, 1.807) is 7.11 Å². The van der Waals surface area contributed by atoms with Gasteiger partial charge in [-0.2, -0.15) is 0 Å². The van der Waals surface area contributed by atoms with Gasteiger partial charge in [0.15, 0.2) is 0 Å². The molecule has 2 rings (SSSR count). The van der Waals surface area contributed by atoms with E-state index < -0.39 is 10.8 Å². The van der Waals surface area contributed by atoms with E-state index >= 15 is 0 Å². The summed E-state index contributed by atoms with van der Waals surface area (Å²) >= 11 is 0. The van der Waals surface area contributed by atoms with Gasteiger partial charge in [-0.05, 0) is 26.0 Å². The van der Waals surface area contributed by atoms with Gasteiger partial charge in [-0.25, -0.2) is 0 Å². The van der Waals surface area contributed by atoms with Crippen LogP contribution in [-0.4, -0.2) is 30.4 Å². The Morgan fingerprint density at radius 3 is 2.63 bits per heavy atom. The van der Waals surface area contributed by atoms with Gasteiger partial charge in [-0.1, -0.05) is 23.8 Å². The molecular weight excluding hydrogens is 350 g/mol. The predicted molar refractivity (Wildman–Crippen MR) is 99.7 cm³/mol. The van der Waals surface area contributed by atoms with Crippen LogP contribution in [0.2, 0.25) is 0 Å². The van der Waals surface area contributed by atoms with E-state index in [1.807, 2.05) is 32.0 Å². The van der Waals surface area contributed by atoms with Crippen molar-refractivity contribution in [3.63, 3.8) is 0 Å². The molecule has 2 amide bonds. The average molecular weight is 371 g/mol. The summed E-state index contributed by atoms with van der Waals surface area (Å²) in [5.74, 6) is -0.284. The van der Waals surface area contributed by atoms with Crippen molar-refractivity contribution in [1.29, 1.82) is 0 Å². The van der Waals surface area contributed by atoms with E-state index in [0.29, 0.717) is 5.75 Å². The number of nitrogens with one attached hydrogen (secondary N) is 2. The van der Waals surface area contributed by atoms with Gasteiger partial charge >= 0.3 is 0 Å². The third kappa shape index (κ3) is 5.27. The number of aryl methyl sites for hydroxylation is 1. The number of nitro benzene ring substituents is 1. The summed E-state index contributed by atoms with van der Waals surface area (Å²) < 4.78 is 5.31. The lowest BCUT2D eigenvalue weighted by molar-refractivity contribution is -0.384. The van der Waals surface area contributed by atoms with Crippen molar-refractivity contribution in [2.45, 2.75) is 19.9 Å². The first-order valence-electron chi connectivity index (χ1n) is 8.28. The summed E-state index contributed by atoms with van der Waals surface area (Å²) in [6.45, 7) is 3.51. The van der Waals surface area contributed by atoms with Crippen LogP contribution in [0.5, 0.6) is 5.75 Å². The predicted octanol–water partition coefficient (Wildman–Crippen LogP) is 2.52. The molecule has 0 aromatic heterocycles. The largest absolute Gasteiger partial charge is 0.496 e. The summed E-state index contributed by atoms with van der Waals surface area (Å²) in [7, 11) is 1.56. The Balaban J connectivity index is 1.96. The lowest BCUT2D eigenvalue weighted by Gasteiger charge is -2.18. The van der Waals surface area contributed by atoms with Crippen LogP contribution in [0, 0.1) is 17.0 Å². The van der Waals surface area contributed by atoms with Crippen molar-refractivity contribution in [1.82, 2.24) is 10.6 Å². The molecule has 0 aliphatic heterocycles. The van der Waals surface area contributed by atoms with Crippen LogP contribution in [0.1, 0.15) is 34.5 Å². The van der Waals surface area contributed by atoms with E-state index in [0.717, 1.165) is 17.2 Å². The fourth-order valence-corrected chi connectivity index (χ4v) is 2.59. The minimum Gasteiger partial charge on any atom is -0.496 e. The molecule has 1 atom stereocenters. The molecular formula is C19H21N3O5. The Labute approximate surface area is 156 Å². The number of carbonyl (C=O) groups excluding carboxylic acids is 2. The maximum Gasteiger partial charge on any atom is 0.270 e. The molecule has 0 heterocycles. The van der Waals surface area contributed by atoms with E-state index in [1.165, 1.54) is 18.2 Å². The number of methoxy groups -OCH3 is 1. The van der Waals surface area contributed by atoms with Gasteiger partial charge in [0.2, 0.25) is 5.91 Å². The highest BCUT2D eigenvalue weighted by atomic mass is 16.6. The van der Waals surface area contributed by atoms with Crippen molar-refractivity contribution >= 4 is 17.5 Å². The summed E-state index contributed by atoms with van der Waals surface area (Å²) in [6, 6.07) is 10.7. The lowest BCUT2D eigenvalue weighted by Crippen LogP contribution is -2.38. The van der Waals surface area contributed by atoms with Crippen molar-refractivity contribution in [3.8, 4) is 5.75 Å². The Hall–Kier alpha value is -3.42. The highest BCUT2D eigenvalue weighted by Crippen LogP contribution is 2.25. The molecule has 142 valence electrons. The molecule has 27 heavy (non-hydrogen) atoms. The number of amides is 2. The van der Waals surface area contributed by atoms with Gasteiger partial charge in [0.1, 0.15) is 5.75 Å². The number of rotatable bonds is 7. The molecule has 0 fully saturated rings. The Morgan fingerprint density at radius 1 is 1.22 bits per heavy atom. The molecule has 2 aromatic rings. The third-order valence-electron chi connectivity index (χ3n) is 3.96. The number of ether oxygens (including phenoxy) is 1. The Kier molecular flexibility index (Phi) is 6.48. The third-order valence-corrected chi connectivity index (χ3v) is 3.96. The van der Waals surface area contributed by atoms with Crippen LogP contribution in [0.25, 0.3) is 0 Å². The Bertz CT molecular complexity index is 866. The molecule has 2 aromatic carbocycles. The minimum absolute atomic E-state index is 0.116. The number of carbonyl (C=O) groups is 2. The molecule has 0 aliphatic carbocycles. The quantitative estimate of drug-likeness (QED) is 0.574. The lowest BCUT2D eigenvalue weighted by atomic mass is 10.0.